The molecule has 0 aliphatic rings. The number of halogens is 3. The van der Waals surface area contributed by atoms with Crippen molar-refractivity contribution in [2.75, 3.05) is 0 Å². The summed E-state index contributed by atoms with van der Waals surface area (Å²) in [4.78, 5) is 11.0. The molecule has 0 bridgehead atoms. The van der Waals surface area contributed by atoms with Crippen LogP contribution in [0.15, 0.2) is 30.3 Å². The van der Waals surface area contributed by atoms with E-state index in [4.69, 9.17) is 5.11 Å². The summed E-state index contributed by atoms with van der Waals surface area (Å²) < 4.78 is 40.0. The maximum atomic E-state index is 13.6. The smallest absolute Gasteiger partial charge is 0.335 e. The van der Waals surface area contributed by atoms with E-state index in [1.54, 1.807) is 6.92 Å². The Bertz CT molecular complexity index is 643. The van der Waals surface area contributed by atoms with Gasteiger partial charge in [-0.1, -0.05) is 12.1 Å². The second-order valence-corrected chi connectivity index (χ2v) is 4.08. The summed E-state index contributed by atoms with van der Waals surface area (Å²) in [6.45, 7) is 1.57. The molecule has 2 rings (SSSR count). The van der Waals surface area contributed by atoms with E-state index in [2.05, 4.69) is 0 Å². The normalized spacial score (nSPS) is 10.5. The number of rotatable bonds is 2. The summed E-state index contributed by atoms with van der Waals surface area (Å²) in [6, 6.07) is 5.11. The van der Waals surface area contributed by atoms with E-state index in [-0.39, 0.29) is 11.1 Å². The van der Waals surface area contributed by atoms with Crippen molar-refractivity contribution >= 4 is 5.97 Å². The van der Waals surface area contributed by atoms with E-state index in [0.717, 1.165) is 6.07 Å². The van der Waals surface area contributed by atoms with E-state index in [1.165, 1.54) is 12.1 Å². The van der Waals surface area contributed by atoms with Crippen LogP contribution in [0.2, 0.25) is 0 Å². The van der Waals surface area contributed by atoms with Gasteiger partial charge in [0.2, 0.25) is 0 Å². The summed E-state index contributed by atoms with van der Waals surface area (Å²) >= 11 is 0. The summed E-state index contributed by atoms with van der Waals surface area (Å²) in [7, 11) is 0. The average Bonchev–Trinajstić information content (AvgIpc) is 2.29. The Morgan fingerprint density at radius 2 is 1.63 bits per heavy atom. The number of aryl methyl sites for hydroxylation is 1. The molecule has 2 aromatic rings. The van der Waals surface area contributed by atoms with Gasteiger partial charge in [0.05, 0.1) is 11.1 Å². The van der Waals surface area contributed by atoms with Gasteiger partial charge in [0, 0.05) is 12.1 Å². The summed E-state index contributed by atoms with van der Waals surface area (Å²) in [5.41, 5.74) is 0.0294. The number of carboxylic acids is 1. The fraction of sp³-hybridized carbons (Fsp3) is 0.0714. The number of benzene rings is 2. The molecule has 0 spiro atoms. The summed E-state index contributed by atoms with van der Waals surface area (Å²) in [5.74, 6) is -4.36. The minimum Gasteiger partial charge on any atom is -0.478 e. The molecule has 98 valence electrons. The van der Waals surface area contributed by atoms with E-state index in [0.29, 0.717) is 17.7 Å². The Hall–Kier alpha value is -2.30. The zero-order valence-electron chi connectivity index (χ0n) is 9.88. The summed E-state index contributed by atoms with van der Waals surface area (Å²) in [5, 5.41) is 8.97. The Balaban J connectivity index is 2.66. The molecule has 0 atom stereocenters. The molecule has 0 aliphatic heterocycles. The van der Waals surface area contributed by atoms with Gasteiger partial charge in [-0.2, -0.15) is 0 Å². The monoisotopic (exact) mass is 266 g/mol. The topological polar surface area (TPSA) is 37.3 Å². The van der Waals surface area contributed by atoms with Gasteiger partial charge in [-0.15, -0.1) is 0 Å². The highest BCUT2D eigenvalue weighted by molar-refractivity contribution is 5.91. The van der Waals surface area contributed by atoms with Crippen molar-refractivity contribution < 1.29 is 23.1 Å². The number of carboxylic acid groups (broad SMARTS) is 1. The van der Waals surface area contributed by atoms with E-state index in [1.807, 2.05) is 0 Å². The first-order valence-electron chi connectivity index (χ1n) is 5.39. The first-order valence-corrected chi connectivity index (χ1v) is 5.39. The first kappa shape index (κ1) is 13.1. The van der Waals surface area contributed by atoms with Gasteiger partial charge in [-0.05, 0) is 24.1 Å². The van der Waals surface area contributed by atoms with Crippen molar-refractivity contribution in [3.63, 3.8) is 0 Å². The predicted octanol–water partition coefficient (Wildman–Crippen LogP) is 3.78. The van der Waals surface area contributed by atoms with Crippen molar-refractivity contribution in [1.82, 2.24) is 0 Å². The SMILES string of the molecule is Cc1ccc(-c2c(F)cc(F)cc2F)cc1C(=O)O. The molecule has 0 amide bonds. The third-order valence-corrected chi connectivity index (χ3v) is 2.76. The number of aromatic carboxylic acids is 1. The van der Waals surface area contributed by atoms with Crippen molar-refractivity contribution in [1.29, 1.82) is 0 Å². The van der Waals surface area contributed by atoms with E-state index in [9.17, 15) is 18.0 Å². The molecular weight excluding hydrogens is 257 g/mol. The molecule has 5 heteroatoms. The molecule has 1 N–H and O–H groups in total. The molecule has 0 saturated carbocycles. The molecule has 0 saturated heterocycles. The van der Waals surface area contributed by atoms with Crippen molar-refractivity contribution in [2.45, 2.75) is 6.92 Å². The maximum absolute atomic E-state index is 13.6. The van der Waals surface area contributed by atoms with Gasteiger partial charge in [-0.3, -0.25) is 0 Å². The van der Waals surface area contributed by atoms with Gasteiger partial charge in [0.1, 0.15) is 17.5 Å². The van der Waals surface area contributed by atoms with Gasteiger partial charge in [0.25, 0.3) is 0 Å². The van der Waals surface area contributed by atoms with Crippen LogP contribution < -0.4 is 0 Å². The maximum Gasteiger partial charge on any atom is 0.335 e. The lowest BCUT2D eigenvalue weighted by Gasteiger charge is -2.08. The minimum atomic E-state index is -1.19. The van der Waals surface area contributed by atoms with E-state index >= 15 is 0 Å². The fourth-order valence-corrected chi connectivity index (χ4v) is 1.83. The van der Waals surface area contributed by atoms with Gasteiger partial charge in [-0.25, -0.2) is 18.0 Å². The van der Waals surface area contributed by atoms with Crippen LogP contribution in [0.4, 0.5) is 13.2 Å². The van der Waals surface area contributed by atoms with Crippen LogP contribution in [0.25, 0.3) is 11.1 Å². The lowest BCUT2D eigenvalue weighted by atomic mass is 9.99. The largest absolute Gasteiger partial charge is 0.478 e. The quantitative estimate of drug-likeness (QED) is 0.898. The molecule has 0 unspecified atom stereocenters. The average molecular weight is 266 g/mol. The van der Waals surface area contributed by atoms with Crippen LogP contribution in [-0.4, -0.2) is 11.1 Å². The molecule has 19 heavy (non-hydrogen) atoms. The third-order valence-electron chi connectivity index (χ3n) is 2.76. The molecule has 0 heterocycles. The minimum absolute atomic E-state index is 0.0537. The van der Waals surface area contributed by atoms with Crippen molar-refractivity contribution in [3.05, 3.63) is 58.9 Å². The lowest BCUT2D eigenvalue weighted by Crippen LogP contribution is -2.01. The van der Waals surface area contributed by atoms with Crippen molar-refractivity contribution in [2.24, 2.45) is 0 Å². The highest BCUT2D eigenvalue weighted by atomic mass is 19.1. The van der Waals surface area contributed by atoms with Crippen LogP contribution in [-0.2, 0) is 0 Å². The number of hydrogen-bond donors (Lipinski definition) is 1. The number of carbonyl (C=O) groups is 1. The molecule has 0 aromatic heterocycles. The lowest BCUT2D eigenvalue weighted by molar-refractivity contribution is 0.0696. The van der Waals surface area contributed by atoms with Gasteiger partial charge >= 0.3 is 5.97 Å². The zero-order valence-corrected chi connectivity index (χ0v) is 9.88. The molecule has 0 radical (unpaired) electrons. The highest BCUT2D eigenvalue weighted by Crippen LogP contribution is 2.28. The van der Waals surface area contributed by atoms with Crippen LogP contribution in [0.1, 0.15) is 15.9 Å². The zero-order chi connectivity index (χ0) is 14.2. The second kappa shape index (κ2) is 4.76. The molecule has 2 aromatic carbocycles. The standard InChI is InChI=1S/C14H9F3O2/c1-7-2-3-8(4-10(7)14(18)19)13-11(16)5-9(15)6-12(13)17/h2-6H,1H3,(H,18,19). The Kier molecular flexibility index (Phi) is 3.29. The predicted molar refractivity (Wildman–Crippen MR) is 63.4 cm³/mol. The van der Waals surface area contributed by atoms with Crippen molar-refractivity contribution in [3.8, 4) is 11.1 Å². The molecule has 2 nitrogen and oxygen atoms in total. The summed E-state index contributed by atoms with van der Waals surface area (Å²) in [6.07, 6.45) is 0. The van der Waals surface area contributed by atoms with Crippen LogP contribution in [0, 0.1) is 24.4 Å². The van der Waals surface area contributed by atoms with Gasteiger partial charge < -0.3 is 5.11 Å². The fourth-order valence-electron chi connectivity index (χ4n) is 1.83. The van der Waals surface area contributed by atoms with Gasteiger partial charge in [0.15, 0.2) is 0 Å². The first-order chi connectivity index (χ1) is 8.90. The number of hydrogen-bond acceptors (Lipinski definition) is 1. The molecule has 0 fully saturated rings. The van der Waals surface area contributed by atoms with E-state index < -0.39 is 29.0 Å². The molecule has 0 aliphatic carbocycles. The molecular formula is C14H9F3O2. The van der Waals surface area contributed by atoms with Crippen LogP contribution in [0.3, 0.4) is 0 Å². The third kappa shape index (κ3) is 2.45. The highest BCUT2D eigenvalue weighted by Gasteiger charge is 2.16. The Labute approximate surface area is 107 Å². The van der Waals surface area contributed by atoms with Crippen LogP contribution >= 0.6 is 0 Å². The van der Waals surface area contributed by atoms with Crippen LogP contribution in [0.5, 0.6) is 0 Å². The Morgan fingerprint density at radius 1 is 1.05 bits per heavy atom. The Morgan fingerprint density at radius 3 is 2.16 bits per heavy atom. The second-order valence-electron chi connectivity index (χ2n) is 4.08.